The molecule has 19 heavy (non-hydrogen) atoms. The second kappa shape index (κ2) is 13.2. The molecule has 0 saturated carbocycles. The molecule has 0 bridgehead atoms. The number of quaternary nitrogens is 1. The fraction of sp³-hybridized carbons (Fsp3) is 0.308. The Hall–Kier alpha value is -2.84. The van der Waals surface area contributed by atoms with E-state index in [0.717, 1.165) is 0 Å². The Bertz CT molecular complexity index is 489. The van der Waals surface area contributed by atoms with E-state index < -0.39 is 0 Å². The van der Waals surface area contributed by atoms with Crippen molar-refractivity contribution >= 4 is 5.87 Å². The lowest BCUT2D eigenvalue weighted by atomic mass is 10.2. The van der Waals surface area contributed by atoms with Crippen molar-refractivity contribution in [1.82, 2.24) is 0 Å². The molecule has 0 aliphatic carbocycles. The molecule has 0 heterocycles. The molecule has 6 nitrogen and oxygen atoms in total. The molecule has 6 heteroatoms. The first-order valence-electron chi connectivity index (χ1n) is 5.40. The lowest BCUT2D eigenvalue weighted by Crippen LogP contribution is -2.74. The molecule has 0 unspecified atom stereocenters. The van der Waals surface area contributed by atoms with E-state index in [1.54, 1.807) is 31.0 Å². The van der Waals surface area contributed by atoms with E-state index in [1.165, 1.54) is 12.2 Å². The zero-order valence-electron chi connectivity index (χ0n) is 11.1. The Morgan fingerprint density at radius 1 is 1.16 bits per heavy atom. The van der Waals surface area contributed by atoms with Crippen LogP contribution in [0.2, 0.25) is 0 Å². The number of nitrogens with two attached hydrogens (primary N) is 1. The van der Waals surface area contributed by atoms with Crippen LogP contribution in [0, 0.1) is 34.0 Å². The molecule has 0 aliphatic rings. The third kappa shape index (κ3) is 10.1. The smallest absolute Gasteiger partial charge is 0.133 e. The molecule has 0 aromatic heterocycles. The SMILES string of the molecule is CCO/C(C=C(C#N)C#N)=C/C(=C=[N-])C#N.C[NH2+]C. The van der Waals surface area contributed by atoms with Crippen molar-refractivity contribution < 1.29 is 10.1 Å². The van der Waals surface area contributed by atoms with Crippen LogP contribution in [-0.2, 0) is 4.74 Å². The van der Waals surface area contributed by atoms with Gasteiger partial charge in [-0.3, -0.25) is 5.87 Å². The van der Waals surface area contributed by atoms with Crippen molar-refractivity contribution in [3.63, 3.8) is 0 Å². The highest BCUT2D eigenvalue weighted by Crippen LogP contribution is 2.06. The predicted molar refractivity (Wildman–Crippen MR) is 70.3 cm³/mol. The van der Waals surface area contributed by atoms with Crippen LogP contribution in [0.4, 0.5) is 0 Å². The van der Waals surface area contributed by atoms with Gasteiger partial charge in [0.2, 0.25) is 0 Å². The van der Waals surface area contributed by atoms with Crippen LogP contribution in [0.1, 0.15) is 6.92 Å². The quantitative estimate of drug-likeness (QED) is 0.338. The minimum atomic E-state index is -0.157. The second-order valence-corrected chi connectivity index (χ2v) is 2.98. The summed E-state index contributed by atoms with van der Waals surface area (Å²) in [5, 5.41) is 36.1. The highest BCUT2D eigenvalue weighted by atomic mass is 16.5. The van der Waals surface area contributed by atoms with E-state index in [1.807, 2.05) is 19.4 Å². The van der Waals surface area contributed by atoms with Crippen molar-refractivity contribution in [2.75, 3.05) is 20.7 Å². The maximum absolute atomic E-state index is 8.53. The molecule has 0 radical (unpaired) electrons. The molecule has 0 aromatic rings. The van der Waals surface area contributed by atoms with Gasteiger partial charge in [0.15, 0.2) is 0 Å². The molecular formula is C13H15N5O. The second-order valence-electron chi connectivity index (χ2n) is 2.98. The van der Waals surface area contributed by atoms with Crippen LogP contribution in [-0.4, -0.2) is 26.6 Å². The van der Waals surface area contributed by atoms with Gasteiger partial charge in [0, 0.05) is 12.2 Å². The van der Waals surface area contributed by atoms with E-state index in [4.69, 9.17) is 25.9 Å². The minimum absolute atomic E-state index is 0.138. The van der Waals surface area contributed by atoms with E-state index in [0.29, 0.717) is 6.61 Å². The first-order chi connectivity index (χ1) is 9.12. The van der Waals surface area contributed by atoms with Crippen molar-refractivity contribution in [3.8, 4) is 18.2 Å². The fourth-order valence-electron chi connectivity index (χ4n) is 0.755. The maximum atomic E-state index is 8.53. The summed E-state index contributed by atoms with van der Waals surface area (Å²) >= 11 is 0. The normalized spacial score (nSPS) is 8.32. The molecule has 2 N–H and O–H groups in total. The van der Waals surface area contributed by atoms with Gasteiger partial charge in [0.1, 0.15) is 29.5 Å². The van der Waals surface area contributed by atoms with Crippen LogP contribution in [0.5, 0.6) is 0 Å². The van der Waals surface area contributed by atoms with E-state index in [2.05, 4.69) is 0 Å². The van der Waals surface area contributed by atoms with Crippen LogP contribution in [0.3, 0.4) is 0 Å². The summed E-state index contributed by atoms with van der Waals surface area (Å²) in [5.41, 5.74) is -0.315. The van der Waals surface area contributed by atoms with Gasteiger partial charge >= 0.3 is 0 Å². The van der Waals surface area contributed by atoms with Gasteiger partial charge in [0.05, 0.1) is 26.3 Å². The van der Waals surface area contributed by atoms with E-state index >= 15 is 0 Å². The van der Waals surface area contributed by atoms with Gasteiger partial charge in [-0.2, -0.15) is 15.8 Å². The number of allylic oxidation sites excluding steroid dienone is 4. The third-order valence-electron chi connectivity index (χ3n) is 1.37. The summed E-state index contributed by atoms with van der Waals surface area (Å²) in [7, 11) is 4.00. The van der Waals surface area contributed by atoms with Gasteiger partial charge in [-0.1, -0.05) is 0 Å². The summed E-state index contributed by atoms with van der Waals surface area (Å²) in [6.45, 7) is 2.01. The number of nitriles is 3. The highest BCUT2D eigenvalue weighted by Gasteiger charge is 1.99. The van der Waals surface area contributed by atoms with Gasteiger partial charge in [-0.15, -0.1) is 0 Å². The molecule has 0 aromatic carbocycles. The average Bonchev–Trinajstić information content (AvgIpc) is 2.42. The predicted octanol–water partition coefficient (Wildman–Crippen LogP) is 0.379. The fourth-order valence-corrected chi connectivity index (χ4v) is 0.755. The lowest BCUT2D eigenvalue weighted by Gasteiger charge is -2.02. The van der Waals surface area contributed by atoms with Crippen LogP contribution in [0.15, 0.2) is 29.1 Å². The van der Waals surface area contributed by atoms with Crippen molar-refractivity contribution in [2.24, 2.45) is 0 Å². The Balaban J connectivity index is 0. The molecular weight excluding hydrogens is 242 g/mol. The monoisotopic (exact) mass is 257 g/mol. The molecule has 0 atom stereocenters. The molecule has 0 amide bonds. The van der Waals surface area contributed by atoms with Gasteiger partial charge in [-0.05, 0) is 6.92 Å². The van der Waals surface area contributed by atoms with Crippen molar-refractivity contribution in [2.45, 2.75) is 6.92 Å². The Labute approximate surface area is 113 Å². The molecule has 98 valence electrons. The van der Waals surface area contributed by atoms with Crippen LogP contribution >= 0.6 is 0 Å². The first kappa shape index (κ1) is 18.5. The zero-order chi connectivity index (χ0) is 15.1. The number of nitrogens with zero attached hydrogens (tertiary/aromatic N) is 4. The number of hydrogen-bond donors (Lipinski definition) is 1. The average molecular weight is 257 g/mol. The van der Waals surface area contributed by atoms with Gasteiger partial charge in [-0.25, -0.2) is 0 Å². The molecule has 0 fully saturated rings. The van der Waals surface area contributed by atoms with Gasteiger partial charge in [0.25, 0.3) is 0 Å². The van der Waals surface area contributed by atoms with Crippen molar-refractivity contribution in [1.29, 1.82) is 15.8 Å². The summed E-state index contributed by atoms with van der Waals surface area (Å²) in [4.78, 5) is 0. The zero-order valence-corrected chi connectivity index (χ0v) is 11.1. The van der Waals surface area contributed by atoms with Crippen LogP contribution in [0.25, 0.3) is 5.41 Å². The van der Waals surface area contributed by atoms with E-state index in [9.17, 15) is 0 Å². The maximum Gasteiger partial charge on any atom is 0.133 e. The van der Waals surface area contributed by atoms with E-state index in [-0.39, 0.29) is 16.9 Å². The van der Waals surface area contributed by atoms with Crippen molar-refractivity contribution in [3.05, 3.63) is 34.5 Å². The van der Waals surface area contributed by atoms with Gasteiger partial charge < -0.3 is 15.5 Å². The lowest BCUT2D eigenvalue weighted by molar-refractivity contribution is -0.597. The molecule has 0 spiro atoms. The third-order valence-corrected chi connectivity index (χ3v) is 1.37. The topological polar surface area (TPSA) is 120 Å². The Morgan fingerprint density at radius 3 is 2.00 bits per heavy atom. The standard InChI is InChI=1S/C11H7N4O.C2H7N/c1-2-16-11(3-9(5-12)6-13)4-10(7-14)8-15;1-3-2/h3-4H,2H2,1H3;3H,1-2H3/q-1;/p+1/b11-3+;. The number of hydrogen-bond acceptors (Lipinski definition) is 4. The van der Waals surface area contributed by atoms with Crippen LogP contribution < -0.4 is 5.32 Å². The Morgan fingerprint density at radius 2 is 1.68 bits per heavy atom. The molecule has 0 saturated heterocycles. The summed E-state index contributed by atoms with van der Waals surface area (Å²) in [5.74, 6) is 1.79. The number of rotatable bonds is 4. The molecule has 0 rings (SSSR count). The highest BCUT2D eigenvalue weighted by molar-refractivity contribution is 5.70. The largest absolute Gasteiger partial charge is 0.762 e. The Kier molecular flexibility index (Phi) is 12.9. The summed E-state index contributed by atoms with van der Waals surface area (Å²) in [6.07, 6.45) is 2.36. The minimum Gasteiger partial charge on any atom is -0.762 e. The summed E-state index contributed by atoms with van der Waals surface area (Å²) in [6, 6.07) is 4.96. The number of ether oxygens (including phenoxy) is 1. The summed E-state index contributed by atoms with van der Waals surface area (Å²) < 4.78 is 5.07. The first-order valence-corrected chi connectivity index (χ1v) is 5.40. The molecule has 0 aliphatic heterocycles.